The third-order valence-electron chi connectivity index (χ3n) is 2.04. The maximum Gasteiger partial charge on any atom is 0.422 e. The molecule has 1 amide bonds. The number of nitrogens with zero attached hydrogens (tertiary/aromatic N) is 1. The van der Waals surface area contributed by atoms with E-state index in [1.54, 1.807) is 19.2 Å². The molecule has 0 saturated carbocycles. The van der Waals surface area contributed by atoms with Crippen molar-refractivity contribution >= 4 is 5.91 Å². The van der Waals surface area contributed by atoms with Gasteiger partial charge in [0.25, 0.3) is 0 Å². The van der Waals surface area contributed by atoms with Crippen LogP contribution in [0.15, 0.2) is 18.3 Å². The zero-order chi connectivity index (χ0) is 14.3. The SMILES string of the molecule is CNCC(=O)NCc1cccnc1OCC(F)(F)F. The molecule has 0 unspecified atom stereocenters. The highest BCUT2D eigenvalue weighted by Gasteiger charge is 2.29. The lowest BCUT2D eigenvalue weighted by Crippen LogP contribution is -2.32. The fraction of sp³-hybridized carbons (Fsp3) is 0.455. The van der Waals surface area contributed by atoms with E-state index in [1.165, 1.54) is 6.20 Å². The van der Waals surface area contributed by atoms with E-state index in [0.29, 0.717) is 5.56 Å². The van der Waals surface area contributed by atoms with Crippen LogP contribution in [0.1, 0.15) is 5.56 Å². The van der Waals surface area contributed by atoms with Crippen LogP contribution >= 0.6 is 0 Å². The highest BCUT2D eigenvalue weighted by atomic mass is 19.4. The number of aromatic nitrogens is 1. The number of amides is 1. The average molecular weight is 277 g/mol. The van der Waals surface area contributed by atoms with Crippen molar-refractivity contribution in [3.05, 3.63) is 23.9 Å². The molecule has 0 atom stereocenters. The molecular formula is C11H14F3N3O2. The van der Waals surface area contributed by atoms with Crippen molar-refractivity contribution in [1.82, 2.24) is 15.6 Å². The minimum Gasteiger partial charge on any atom is -0.468 e. The van der Waals surface area contributed by atoms with E-state index in [0.717, 1.165) is 0 Å². The Labute approximate surface area is 108 Å². The normalized spacial score (nSPS) is 11.2. The molecule has 0 fully saturated rings. The summed E-state index contributed by atoms with van der Waals surface area (Å²) >= 11 is 0. The van der Waals surface area contributed by atoms with E-state index in [2.05, 4.69) is 20.4 Å². The fourth-order valence-electron chi connectivity index (χ4n) is 1.26. The first-order valence-corrected chi connectivity index (χ1v) is 5.47. The van der Waals surface area contributed by atoms with Crippen LogP contribution in [0.3, 0.4) is 0 Å². The van der Waals surface area contributed by atoms with E-state index >= 15 is 0 Å². The highest BCUT2D eigenvalue weighted by molar-refractivity contribution is 5.77. The molecule has 0 radical (unpaired) electrons. The quantitative estimate of drug-likeness (QED) is 0.809. The summed E-state index contributed by atoms with van der Waals surface area (Å²) in [6.07, 6.45) is -3.10. The second-order valence-corrected chi connectivity index (χ2v) is 3.68. The number of likely N-dealkylation sites (N-methyl/N-ethyl adjacent to an activating group) is 1. The second-order valence-electron chi connectivity index (χ2n) is 3.68. The highest BCUT2D eigenvalue weighted by Crippen LogP contribution is 2.19. The molecule has 0 aliphatic rings. The first kappa shape index (κ1) is 15.2. The summed E-state index contributed by atoms with van der Waals surface area (Å²) in [5, 5.41) is 5.19. The summed E-state index contributed by atoms with van der Waals surface area (Å²) in [5.74, 6) is -0.405. The fourth-order valence-corrected chi connectivity index (χ4v) is 1.26. The zero-order valence-electron chi connectivity index (χ0n) is 10.3. The first-order valence-electron chi connectivity index (χ1n) is 5.47. The second kappa shape index (κ2) is 6.93. The number of hydrogen-bond acceptors (Lipinski definition) is 4. The standard InChI is InChI=1S/C11H14F3N3O2/c1-15-6-9(18)17-5-8-3-2-4-16-10(8)19-7-11(12,13)14/h2-4,15H,5-7H2,1H3,(H,17,18). The molecule has 19 heavy (non-hydrogen) atoms. The largest absolute Gasteiger partial charge is 0.468 e. The van der Waals surface area contributed by atoms with E-state index in [-0.39, 0.29) is 24.9 Å². The Bertz CT molecular complexity index is 424. The third kappa shape index (κ3) is 6.05. The van der Waals surface area contributed by atoms with Crippen LogP contribution in [-0.4, -0.2) is 37.3 Å². The number of hydrogen-bond donors (Lipinski definition) is 2. The van der Waals surface area contributed by atoms with Gasteiger partial charge in [-0.25, -0.2) is 4.98 Å². The Morgan fingerprint density at radius 2 is 2.21 bits per heavy atom. The Balaban J connectivity index is 2.60. The minimum absolute atomic E-state index is 0.0571. The number of halogens is 3. The van der Waals surface area contributed by atoms with Crippen molar-refractivity contribution in [2.24, 2.45) is 0 Å². The Morgan fingerprint density at radius 1 is 1.47 bits per heavy atom. The van der Waals surface area contributed by atoms with Gasteiger partial charge in [0.1, 0.15) is 0 Å². The van der Waals surface area contributed by atoms with Crippen LogP contribution < -0.4 is 15.4 Å². The molecule has 0 aromatic carbocycles. The molecule has 1 aromatic heterocycles. The van der Waals surface area contributed by atoms with Gasteiger partial charge in [-0.2, -0.15) is 13.2 Å². The van der Waals surface area contributed by atoms with Crippen LogP contribution in [-0.2, 0) is 11.3 Å². The van der Waals surface area contributed by atoms with Gasteiger partial charge >= 0.3 is 6.18 Å². The third-order valence-corrected chi connectivity index (χ3v) is 2.04. The van der Waals surface area contributed by atoms with Gasteiger partial charge in [0.05, 0.1) is 6.54 Å². The number of carbonyl (C=O) groups excluding carboxylic acids is 1. The number of ether oxygens (including phenoxy) is 1. The van der Waals surface area contributed by atoms with Gasteiger partial charge in [-0.05, 0) is 13.1 Å². The summed E-state index contributed by atoms with van der Waals surface area (Å²) in [7, 11) is 1.61. The minimum atomic E-state index is -4.43. The Morgan fingerprint density at radius 3 is 2.84 bits per heavy atom. The van der Waals surface area contributed by atoms with Crippen molar-refractivity contribution in [3.8, 4) is 5.88 Å². The Kier molecular flexibility index (Phi) is 5.56. The lowest BCUT2D eigenvalue weighted by atomic mass is 10.2. The molecule has 106 valence electrons. The molecule has 5 nitrogen and oxygen atoms in total. The number of rotatable bonds is 6. The summed E-state index contributed by atoms with van der Waals surface area (Å²) in [4.78, 5) is 14.9. The van der Waals surface area contributed by atoms with Gasteiger partial charge < -0.3 is 15.4 Å². The molecule has 1 heterocycles. The molecule has 0 spiro atoms. The lowest BCUT2D eigenvalue weighted by molar-refractivity contribution is -0.154. The smallest absolute Gasteiger partial charge is 0.422 e. The summed E-state index contributed by atoms with van der Waals surface area (Å²) in [6.45, 7) is -1.23. The number of alkyl halides is 3. The lowest BCUT2D eigenvalue weighted by Gasteiger charge is -2.12. The van der Waals surface area contributed by atoms with Crippen molar-refractivity contribution in [3.63, 3.8) is 0 Å². The molecule has 2 N–H and O–H groups in total. The van der Waals surface area contributed by atoms with Crippen LogP contribution in [0.4, 0.5) is 13.2 Å². The number of carbonyl (C=O) groups is 1. The summed E-state index contributed by atoms with van der Waals surface area (Å²) < 4.78 is 40.8. The van der Waals surface area contributed by atoms with E-state index in [4.69, 9.17) is 0 Å². The van der Waals surface area contributed by atoms with Gasteiger partial charge in [0, 0.05) is 18.3 Å². The maximum atomic E-state index is 12.1. The van der Waals surface area contributed by atoms with Crippen LogP contribution in [0.25, 0.3) is 0 Å². The predicted molar refractivity (Wildman–Crippen MR) is 61.6 cm³/mol. The molecule has 1 rings (SSSR count). The maximum absolute atomic E-state index is 12.1. The van der Waals surface area contributed by atoms with Gasteiger partial charge in [-0.1, -0.05) is 6.07 Å². The molecular weight excluding hydrogens is 263 g/mol. The van der Waals surface area contributed by atoms with Gasteiger partial charge in [0.15, 0.2) is 6.61 Å². The molecule has 0 aliphatic carbocycles. The van der Waals surface area contributed by atoms with Crippen molar-refractivity contribution in [2.45, 2.75) is 12.7 Å². The van der Waals surface area contributed by atoms with Crippen LogP contribution in [0.5, 0.6) is 5.88 Å². The average Bonchev–Trinajstić information content (AvgIpc) is 2.34. The predicted octanol–water partition coefficient (Wildman–Crippen LogP) is 0.858. The summed E-state index contributed by atoms with van der Waals surface area (Å²) in [5.41, 5.74) is 0.385. The van der Waals surface area contributed by atoms with Crippen LogP contribution in [0, 0.1) is 0 Å². The van der Waals surface area contributed by atoms with E-state index in [9.17, 15) is 18.0 Å². The topological polar surface area (TPSA) is 63.2 Å². The molecule has 0 aliphatic heterocycles. The van der Waals surface area contributed by atoms with Gasteiger partial charge in [-0.3, -0.25) is 4.79 Å². The first-order chi connectivity index (χ1) is 8.92. The molecule has 0 bridgehead atoms. The van der Waals surface area contributed by atoms with Gasteiger partial charge in [0.2, 0.25) is 11.8 Å². The molecule has 0 saturated heterocycles. The van der Waals surface area contributed by atoms with Crippen LogP contribution in [0.2, 0.25) is 0 Å². The van der Waals surface area contributed by atoms with Crippen molar-refractivity contribution in [2.75, 3.05) is 20.2 Å². The molecule has 1 aromatic rings. The van der Waals surface area contributed by atoms with Crippen molar-refractivity contribution in [1.29, 1.82) is 0 Å². The van der Waals surface area contributed by atoms with Gasteiger partial charge in [-0.15, -0.1) is 0 Å². The van der Waals surface area contributed by atoms with E-state index in [1.807, 2.05) is 0 Å². The monoisotopic (exact) mass is 277 g/mol. The number of pyridine rings is 1. The van der Waals surface area contributed by atoms with Crippen molar-refractivity contribution < 1.29 is 22.7 Å². The Hall–Kier alpha value is -1.83. The van der Waals surface area contributed by atoms with E-state index < -0.39 is 12.8 Å². The molecule has 8 heteroatoms. The summed E-state index contributed by atoms with van der Waals surface area (Å²) in [6, 6.07) is 3.10. The number of nitrogens with one attached hydrogen (secondary N) is 2. The zero-order valence-corrected chi connectivity index (χ0v) is 10.3.